The number of carbonyl (C=O) groups is 1. The van der Waals surface area contributed by atoms with Crippen LogP contribution in [0.3, 0.4) is 0 Å². The molecule has 0 heterocycles. The van der Waals surface area contributed by atoms with Gasteiger partial charge in [-0.3, -0.25) is 0 Å². The Morgan fingerprint density at radius 3 is 2.43 bits per heavy atom. The van der Waals surface area contributed by atoms with Crippen molar-refractivity contribution in [3.05, 3.63) is 60.2 Å². The number of aliphatic hydroxyl groups is 1. The zero-order chi connectivity index (χ0) is 16.5. The molecular formula is C18H23N3O2. The number of amides is 2. The first-order chi connectivity index (χ1) is 11.2. The zero-order valence-electron chi connectivity index (χ0n) is 13.3. The van der Waals surface area contributed by atoms with Crippen LogP contribution in [0.1, 0.15) is 12.0 Å². The number of nitrogens with zero attached hydrogens (tertiary/aromatic N) is 1. The first kappa shape index (κ1) is 16.8. The molecule has 0 spiro atoms. The number of carbonyl (C=O) groups excluding carboxylic acids is 1. The molecule has 2 amide bonds. The van der Waals surface area contributed by atoms with Gasteiger partial charge in [-0.15, -0.1) is 0 Å². The maximum atomic E-state index is 11.6. The summed E-state index contributed by atoms with van der Waals surface area (Å²) >= 11 is 0. The van der Waals surface area contributed by atoms with Gasteiger partial charge in [-0.25, -0.2) is 4.79 Å². The lowest BCUT2D eigenvalue weighted by Gasteiger charge is -2.20. The second kappa shape index (κ2) is 8.80. The molecule has 0 unspecified atom stereocenters. The number of nitrogens with one attached hydrogen (secondary N) is 2. The Hall–Kier alpha value is -2.53. The molecule has 0 bridgehead atoms. The Bertz CT molecular complexity index is 599. The highest BCUT2D eigenvalue weighted by Gasteiger charge is 2.04. The van der Waals surface area contributed by atoms with E-state index in [-0.39, 0.29) is 12.6 Å². The molecule has 5 heteroatoms. The molecule has 2 rings (SSSR count). The highest BCUT2D eigenvalue weighted by molar-refractivity contribution is 5.89. The Kier molecular flexibility index (Phi) is 6.44. The van der Waals surface area contributed by atoms with Gasteiger partial charge in [0.15, 0.2) is 0 Å². The van der Waals surface area contributed by atoms with Crippen LogP contribution in [0, 0.1) is 0 Å². The van der Waals surface area contributed by atoms with Gasteiger partial charge < -0.3 is 20.6 Å². The van der Waals surface area contributed by atoms with Crippen molar-refractivity contribution in [3.8, 4) is 0 Å². The van der Waals surface area contributed by atoms with Gasteiger partial charge in [0.25, 0.3) is 0 Å². The lowest BCUT2D eigenvalue weighted by molar-refractivity contribution is 0.249. The van der Waals surface area contributed by atoms with Crippen LogP contribution >= 0.6 is 0 Å². The number of hydrogen-bond donors (Lipinski definition) is 3. The summed E-state index contributed by atoms with van der Waals surface area (Å²) in [5.41, 5.74) is 3.07. The first-order valence-corrected chi connectivity index (χ1v) is 7.70. The highest BCUT2D eigenvalue weighted by atomic mass is 16.3. The molecule has 0 fully saturated rings. The predicted molar refractivity (Wildman–Crippen MR) is 93.7 cm³/mol. The Morgan fingerprint density at radius 2 is 1.78 bits per heavy atom. The fourth-order valence-electron chi connectivity index (χ4n) is 2.20. The minimum Gasteiger partial charge on any atom is -0.396 e. The maximum Gasteiger partial charge on any atom is 0.319 e. The van der Waals surface area contributed by atoms with Gasteiger partial charge in [-0.05, 0) is 36.2 Å². The molecule has 0 aliphatic carbocycles. The Balaban J connectivity index is 1.87. The monoisotopic (exact) mass is 313 g/mol. The van der Waals surface area contributed by atoms with Crippen LogP contribution in [-0.4, -0.2) is 31.3 Å². The molecule has 0 saturated heterocycles. The van der Waals surface area contributed by atoms with E-state index in [0.29, 0.717) is 13.0 Å². The van der Waals surface area contributed by atoms with Crippen molar-refractivity contribution in [2.75, 3.05) is 30.4 Å². The summed E-state index contributed by atoms with van der Waals surface area (Å²) in [4.78, 5) is 13.8. The van der Waals surface area contributed by atoms with Crippen LogP contribution in [0.5, 0.6) is 0 Å². The lowest BCUT2D eigenvalue weighted by atomic mass is 10.2. The second-order valence-electron chi connectivity index (χ2n) is 5.35. The standard InChI is InChI=1S/C18H23N3O2/c1-21(14-15-6-3-2-4-7-15)17-10-8-16(9-11-17)20-18(23)19-12-5-13-22/h2-4,6-11,22H,5,12-14H2,1H3,(H2,19,20,23). The average molecular weight is 313 g/mol. The molecule has 0 aliphatic rings. The molecule has 5 nitrogen and oxygen atoms in total. The van der Waals surface area contributed by atoms with Crippen molar-refractivity contribution >= 4 is 17.4 Å². The van der Waals surface area contributed by atoms with Gasteiger partial charge in [0.2, 0.25) is 0 Å². The molecule has 2 aromatic carbocycles. The maximum absolute atomic E-state index is 11.6. The zero-order valence-corrected chi connectivity index (χ0v) is 13.3. The molecule has 23 heavy (non-hydrogen) atoms. The van der Waals surface area contributed by atoms with Crippen LogP contribution in [0.15, 0.2) is 54.6 Å². The van der Waals surface area contributed by atoms with Crippen LogP contribution in [0.2, 0.25) is 0 Å². The molecule has 3 N–H and O–H groups in total. The number of benzene rings is 2. The summed E-state index contributed by atoms with van der Waals surface area (Å²) in [6, 6.07) is 17.7. The van der Waals surface area contributed by atoms with Gasteiger partial charge in [0.1, 0.15) is 0 Å². The normalized spacial score (nSPS) is 10.2. The van der Waals surface area contributed by atoms with Gasteiger partial charge in [0.05, 0.1) is 0 Å². The molecule has 2 aromatic rings. The van der Waals surface area contributed by atoms with E-state index < -0.39 is 0 Å². The third-order valence-electron chi connectivity index (χ3n) is 3.45. The first-order valence-electron chi connectivity index (χ1n) is 7.70. The van der Waals surface area contributed by atoms with Crippen molar-refractivity contribution < 1.29 is 9.90 Å². The van der Waals surface area contributed by atoms with Crippen LogP contribution < -0.4 is 15.5 Å². The molecule has 0 radical (unpaired) electrons. The van der Waals surface area contributed by atoms with Crippen molar-refractivity contribution in [2.45, 2.75) is 13.0 Å². The fraction of sp³-hybridized carbons (Fsp3) is 0.278. The number of aliphatic hydroxyl groups excluding tert-OH is 1. The summed E-state index contributed by atoms with van der Waals surface area (Å²) in [6.45, 7) is 1.36. The minimum absolute atomic E-state index is 0.0721. The summed E-state index contributed by atoms with van der Waals surface area (Å²) in [5.74, 6) is 0. The van der Waals surface area contributed by atoms with E-state index in [2.05, 4.69) is 27.7 Å². The Morgan fingerprint density at radius 1 is 1.09 bits per heavy atom. The molecular weight excluding hydrogens is 290 g/mol. The average Bonchev–Trinajstić information content (AvgIpc) is 2.56. The van der Waals surface area contributed by atoms with E-state index in [1.54, 1.807) is 0 Å². The molecule has 0 atom stereocenters. The van der Waals surface area contributed by atoms with E-state index in [0.717, 1.165) is 17.9 Å². The summed E-state index contributed by atoms with van der Waals surface area (Å²) in [6.07, 6.45) is 0.552. The summed E-state index contributed by atoms with van der Waals surface area (Å²) in [7, 11) is 2.04. The highest BCUT2D eigenvalue weighted by Crippen LogP contribution is 2.18. The quantitative estimate of drug-likeness (QED) is 0.689. The van der Waals surface area contributed by atoms with Crippen molar-refractivity contribution in [1.29, 1.82) is 0 Å². The van der Waals surface area contributed by atoms with Gasteiger partial charge in [0, 0.05) is 38.1 Å². The van der Waals surface area contributed by atoms with E-state index >= 15 is 0 Å². The van der Waals surface area contributed by atoms with Crippen molar-refractivity contribution in [2.24, 2.45) is 0 Å². The topological polar surface area (TPSA) is 64.6 Å². The van der Waals surface area contributed by atoms with Gasteiger partial charge in [-0.2, -0.15) is 0 Å². The van der Waals surface area contributed by atoms with Crippen LogP contribution in [-0.2, 0) is 6.54 Å². The van der Waals surface area contributed by atoms with Crippen LogP contribution in [0.4, 0.5) is 16.2 Å². The number of hydrogen-bond acceptors (Lipinski definition) is 3. The van der Waals surface area contributed by atoms with Crippen molar-refractivity contribution in [1.82, 2.24) is 5.32 Å². The third-order valence-corrected chi connectivity index (χ3v) is 3.45. The lowest BCUT2D eigenvalue weighted by Crippen LogP contribution is -2.29. The number of anilines is 2. The molecule has 0 aromatic heterocycles. The van der Waals surface area contributed by atoms with Crippen LogP contribution in [0.25, 0.3) is 0 Å². The molecule has 122 valence electrons. The van der Waals surface area contributed by atoms with E-state index in [4.69, 9.17) is 5.11 Å². The number of urea groups is 1. The largest absolute Gasteiger partial charge is 0.396 e. The van der Waals surface area contributed by atoms with E-state index in [1.165, 1.54) is 5.56 Å². The van der Waals surface area contributed by atoms with Gasteiger partial charge in [-0.1, -0.05) is 30.3 Å². The second-order valence-corrected chi connectivity index (χ2v) is 5.35. The van der Waals surface area contributed by atoms with E-state index in [9.17, 15) is 4.79 Å². The summed E-state index contributed by atoms with van der Waals surface area (Å²) in [5, 5.41) is 14.1. The molecule has 0 saturated carbocycles. The molecule has 0 aliphatic heterocycles. The van der Waals surface area contributed by atoms with E-state index in [1.807, 2.05) is 49.5 Å². The number of rotatable bonds is 7. The Labute approximate surface area is 136 Å². The minimum atomic E-state index is -0.260. The smallest absolute Gasteiger partial charge is 0.319 e. The predicted octanol–water partition coefficient (Wildman–Crippen LogP) is 2.83. The summed E-state index contributed by atoms with van der Waals surface area (Å²) < 4.78 is 0. The SMILES string of the molecule is CN(Cc1ccccc1)c1ccc(NC(=O)NCCCO)cc1. The van der Waals surface area contributed by atoms with Crippen molar-refractivity contribution in [3.63, 3.8) is 0 Å². The van der Waals surface area contributed by atoms with Gasteiger partial charge >= 0.3 is 6.03 Å². The third kappa shape index (κ3) is 5.64. The fourth-order valence-corrected chi connectivity index (χ4v) is 2.20.